The Kier molecular flexibility index (Phi) is 3.72. The topological polar surface area (TPSA) is 42.7 Å². The molecule has 1 saturated carbocycles. The van der Waals surface area contributed by atoms with Gasteiger partial charge in [-0.3, -0.25) is 4.68 Å². The quantitative estimate of drug-likeness (QED) is 0.690. The summed E-state index contributed by atoms with van der Waals surface area (Å²) >= 11 is 0. The highest BCUT2D eigenvalue weighted by atomic mass is 15.4. The molecule has 84 valence electrons. The van der Waals surface area contributed by atoms with Crippen molar-refractivity contribution in [3.8, 4) is 0 Å². The van der Waals surface area contributed by atoms with Gasteiger partial charge in [-0.15, -0.1) is 5.10 Å². The molecule has 0 spiro atoms. The van der Waals surface area contributed by atoms with E-state index in [0.717, 1.165) is 25.0 Å². The maximum absolute atomic E-state index is 3.93. The average molecular weight is 208 g/mol. The molecule has 0 saturated heterocycles. The third-order valence-corrected chi connectivity index (χ3v) is 3.08. The SMILES string of the molecule is CC(NCCCCn1ccnn1)C1CC1. The van der Waals surface area contributed by atoms with Crippen LogP contribution in [0, 0.1) is 5.92 Å². The van der Waals surface area contributed by atoms with Crippen molar-refractivity contribution in [1.82, 2.24) is 20.3 Å². The third kappa shape index (κ3) is 3.63. The third-order valence-electron chi connectivity index (χ3n) is 3.08. The smallest absolute Gasteiger partial charge is 0.0692 e. The normalized spacial score (nSPS) is 17.9. The number of hydrogen-bond acceptors (Lipinski definition) is 3. The molecule has 1 aliphatic carbocycles. The van der Waals surface area contributed by atoms with Gasteiger partial charge in [0.05, 0.1) is 6.20 Å². The van der Waals surface area contributed by atoms with Gasteiger partial charge < -0.3 is 5.32 Å². The van der Waals surface area contributed by atoms with Gasteiger partial charge in [0, 0.05) is 18.8 Å². The minimum atomic E-state index is 0.719. The van der Waals surface area contributed by atoms with Crippen molar-refractivity contribution in [2.24, 2.45) is 5.92 Å². The van der Waals surface area contributed by atoms with Gasteiger partial charge >= 0.3 is 0 Å². The zero-order valence-electron chi connectivity index (χ0n) is 9.39. The lowest BCUT2D eigenvalue weighted by molar-refractivity contribution is 0.465. The Balaban J connectivity index is 1.48. The highest BCUT2D eigenvalue weighted by Gasteiger charge is 2.26. The summed E-state index contributed by atoms with van der Waals surface area (Å²) in [7, 11) is 0. The summed E-state index contributed by atoms with van der Waals surface area (Å²) in [5, 5.41) is 11.3. The maximum atomic E-state index is 3.93. The van der Waals surface area contributed by atoms with Crippen LogP contribution >= 0.6 is 0 Å². The number of rotatable bonds is 7. The van der Waals surface area contributed by atoms with Gasteiger partial charge in [-0.25, -0.2) is 0 Å². The number of hydrogen-bond donors (Lipinski definition) is 1. The van der Waals surface area contributed by atoms with Crippen molar-refractivity contribution in [2.75, 3.05) is 6.54 Å². The Morgan fingerprint density at radius 1 is 1.47 bits per heavy atom. The van der Waals surface area contributed by atoms with Crippen LogP contribution in [0.1, 0.15) is 32.6 Å². The predicted molar refractivity (Wildman–Crippen MR) is 59.4 cm³/mol. The van der Waals surface area contributed by atoms with Gasteiger partial charge in [0.2, 0.25) is 0 Å². The van der Waals surface area contributed by atoms with Gasteiger partial charge in [0.25, 0.3) is 0 Å². The Morgan fingerprint density at radius 3 is 3.00 bits per heavy atom. The van der Waals surface area contributed by atoms with Gasteiger partial charge in [0.1, 0.15) is 0 Å². The molecule has 4 nitrogen and oxygen atoms in total. The first-order chi connectivity index (χ1) is 7.36. The van der Waals surface area contributed by atoms with Crippen LogP contribution in [-0.4, -0.2) is 27.6 Å². The van der Waals surface area contributed by atoms with E-state index in [1.165, 1.54) is 25.7 Å². The van der Waals surface area contributed by atoms with Crippen molar-refractivity contribution in [1.29, 1.82) is 0 Å². The van der Waals surface area contributed by atoms with Gasteiger partial charge in [0.15, 0.2) is 0 Å². The summed E-state index contributed by atoms with van der Waals surface area (Å²) in [4.78, 5) is 0. The second-order valence-electron chi connectivity index (χ2n) is 4.45. The summed E-state index contributed by atoms with van der Waals surface area (Å²) < 4.78 is 1.89. The maximum Gasteiger partial charge on any atom is 0.0692 e. The second-order valence-corrected chi connectivity index (χ2v) is 4.45. The monoisotopic (exact) mass is 208 g/mol. The number of nitrogens with zero attached hydrogens (tertiary/aromatic N) is 3. The Morgan fingerprint density at radius 2 is 2.33 bits per heavy atom. The van der Waals surface area contributed by atoms with E-state index >= 15 is 0 Å². The first-order valence-electron chi connectivity index (χ1n) is 5.94. The fourth-order valence-electron chi connectivity index (χ4n) is 1.84. The number of aryl methyl sites for hydroxylation is 1. The lowest BCUT2D eigenvalue weighted by Gasteiger charge is -2.11. The molecule has 2 rings (SSSR count). The van der Waals surface area contributed by atoms with Crippen LogP contribution in [0.3, 0.4) is 0 Å². The first-order valence-corrected chi connectivity index (χ1v) is 5.94. The van der Waals surface area contributed by atoms with Gasteiger partial charge in [-0.1, -0.05) is 5.21 Å². The van der Waals surface area contributed by atoms with Crippen LogP contribution in [0.4, 0.5) is 0 Å². The molecule has 1 N–H and O–H groups in total. The van der Waals surface area contributed by atoms with Crippen LogP contribution in [0.2, 0.25) is 0 Å². The molecule has 1 aromatic rings. The molecular formula is C11H20N4. The number of unbranched alkanes of at least 4 members (excludes halogenated alkanes) is 1. The summed E-state index contributed by atoms with van der Waals surface area (Å²) in [6.07, 6.45) is 8.89. The molecule has 4 heteroatoms. The molecule has 1 heterocycles. The van der Waals surface area contributed by atoms with E-state index in [9.17, 15) is 0 Å². The molecule has 1 aromatic heterocycles. The minimum Gasteiger partial charge on any atom is -0.314 e. The molecule has 1 unspecified atom stereocenters. The molecular weight excluding hydrogens is 188 g/mol. The van der Waals surface area contributed by atoms with Crippen molar-refractivity contribution in [2.45, 2.75) is 45.2 Å². The zero-order chi connectivity index (χ0) is 10.5. The van der Waals surface area contributed by atoms with Crippen LogP contribution in [0.25, 0.3) is 0 Å². The molecule has 1 atom stereocenters. The largest absolute Gasteiger partial charge is 0.314 e. The van der Waals surface area contributed by atoms with E-state index in [4.69, 9.17) is 0 Å². The van der Waals surface area contributed by atoms with Crippen LogP contribution < -0.4 is 5.32 Å². The Bertz CT molecular complexity index is 266. The summed E-state index contributed by atoms with van der Waals surface area (Å²) in [5.74, 6) is 0.959. The highest BCUT2D eigenvalue weighted by Crippen LogP contribution is 2.32. The molecule has 0 aromatic carbocycles. The molecule has 0 radical (unpaired) electrons. The molecule has 0 aliphatic heterocycles. The fraction of sp³-hybridized carbons (Fsp3) is 0.818. The van der Waals surface area contributed by atoms with E-state index in [2.05, 4.69) is 22.6 Å². The zero-order valence-corrected chi connectivity index (χ0v) is 9.39. The molecule has 0 bridgehead atoms. The van der Waals surface area contributed by atoms with E-state index in [0.29, 0.717) is 0 Å². The van der Waals surface area contributed by atoms with E-state index in [1.54, 1.807) is 6.20 Å². The fourth-order valence-corrected chi connectivity index (χ4v) is 1.84. The lowest BCUT2D eigenvalue weighted by atomic mass is 10.2. The predicted octanol–water partition coefficient (Wildman–Crippen LogP) is 1.45. The van der Waals surface area contributed by atoms with Gasteiger partial charge in [-0.05, 0) is 45.1 Å². The van der Waals surface area contributed by atoms with Crippen molar-refractivity contribution in [3.05, 3.63) is 12.4 Å². The van der Waals surface area contributed by atoms with E-state index in [1.807, 2.05) is 10.9 Å². The van der Waals surface area contributed by atoms with E-state index in [-0.39, 0.29) is 0 Å². The van der Waals surface area contributed by atoms with Gasteiger partial charge in [-0.2, -0.15) is 0 Å². The van der Waals surface area contributed by atoms with Crippen molar-refractivity contribution in [3.63, 3.8) is 0 Å². The molecule has 15 heavy (non-hydrogen) atoms. The number of aromatic nitrogens is 3. The Hall–Kier alpha value is -0.900. The standard InChI is InChI=1S/C11H20N4/c1-10(11-4-5-11)12-6-2-3-8-15-9-7-13-14-15/h7,9-12H,2-6,8H2,1H3. The lowest BCUT2D eigenvalue weighted by Crippen LogP contribution is -2.28. The first kappa shape index (κ1) is 10.6. The van der Waals surface area contributed by atoms with Crippen molar-refractivity contribution < 1.29 is 0 Å². The minimum absolute atomic E-state index is 0.719. The number of nitrogens with one attached hydrogen (secondary N) is 1. The average Bonchev–Trinajstić information content (AvgIpc) is 2.97. The Labute approximate surface area is 91.1 Å². The van der Waals surface area contributed by atoms with E-state index < -0.39 is 0 Å². The molecule has 1 aliphatic rings. The van der Waals surface area contributed by atoms with Crippen LogP contribution in [0.15, 0.2) is 12.4 Å². The summed E-state index contributed by atoms with van der Waals surface area (Å²) in [6, 6.07) is 0.719. The summed E-state index contributed by atoms with van der Waals surface area (Å²) in [6.45, 7) is 4.42. The van der Waals surface area contributed by atoms with Crippen LogP contribution in [-0.2, 0) is 6.54 Å². The molecule has 1 fully saturated rings. The molecule has 0 amide bonds. The van der Waals surface area contributed by atoms with Crippen molar-refractivity contribution >= 4 is 0 Å². The second kappa shape index (κ2) is 5.26. The van der Waals surface area contributed by atoms with Crippen LogP contribution in [0.5, 0.6) is 0 Å². The summed E-state index contributed by atoms with van der Waals surface area (Å²) in [5.41, 5.74) is 0. The highest BCUT2D eigenvalue weighted by molar-refractivity contribution is 4.82.